The number of sulfone groups is 1. The monoisotopic (exact) mass is 862 g/mol. The minimum absolute atomic E-state index is 0.0474. The Morgan fingerprint density at radius 1 is 0.967 bits per heavy atom. The van der Waals surface area contributed by atoms with E-state index in [-0.39, 0.29) is 22.3 Å². The number of thiazole rings is 1. The second kappa shape index (κ2) is 15.6. The van der Waals surface area contributed by atoms with Crippen LogP contribution in [0.3, 0.4) is 0 Å². The van der Waals surface area contributed by atoms with E-state index in [4.69, 9.17) is 9.47 Å². The zero-order chi connectivity index (χ0) is 42.3. The van der Waals surface area contributed by atoms with Crippen molar-refractivity contribution >= 4 is 27.1 Å². The van der Waals surface area contributed by atoms with E-state index in [9.17, 15) is 13.2 Å². The van der Waals surface area contributed by atoms with Crippen molar-refractivity contribution in [1.82, 2.24) is 15.2 Å². The predicted octanol–water partition coefficient (Wildman–Crippen LogP) is 9.84. The SMILES string of the molecule is C=C(C)[C@@H]1CC[C@]2(NCCN3CCS(=O)(=O)CC3)CC[C@]3(C4CC4)[C@H](CC[C@@H]4[C@@]5(C)CC=C(C6=CCC(COc7nccs7)(C(=O)OCC)CC6)C(C)(C)C5CC[C@]43C)C12. The van der Waals surface area contributed by atoms with Gasteiger partial charge in [0.1, 0.15) is 12.0 Å². The summed E-state index contributed by atoms with van der Waals surface area (Å²) < 4.78 is 36.1. The van der Waals surface area contributed by atoms with Gasteiger partial charge < -0.3 is 19.7 Å². The lowest BCUT2D eigenvalue weighted by atomic mass is 9.31. The zero-order valence-electron chi connectivity index (χ0n) is 37.8. The van der Waals surface area contributed by atoms with Crippen LogP contribution >= 0.6 is 11.3 Å². The van der Waals surface area contributed by atoms with Gasteiger partial charge in [0.2, 0.25) is 0 Å². The second-order valence-electron chi connectivity index (χ2n) is 22.2. The van der Waals surface area contributed by atoms with Gasteiger partial charge in [-0.05, 0) is 172 Å². The molecular formula is C50H75N3O5S2. The molecule has 332 valence electrons. The number of fused-ring (bicyclic) bond motifs is 7. The normalized spacial score (nSPS) is 42.1. The van der Waals surface area contributed by atoms with Gasteiger partial charge >= 0.3 is 5.97 Å². The van der Waals surface area contributed by atoms with E-state index in [1.807, 2.05) is 12.3 Å². The quantitative estimate of drug-likeness (QED) is 0.164. The third-order valence-corrected chi connectivity index (χ3v) is 21.6. The number of carbonyl (C=O) groups excluding carboxylic acids is 1. The van der Waals surface area contributed by atoms with Crippen LogP contribution in [0.2, 0.25) is 0 Å². The summed E-state index contributed by atoms with van der Waals surface area (Å²) in [6.07, 6.45) is 23.5. The fourth-order valence-electron chi connectivity index (χ4n) is 16.6. The molecule has 8 nitrogen and oxygen atoms in total. The standard InChI is InChI=1S/C50H75N3O5S2/c1-8-57-43(54)48(33-58-44-51-26-30-59-44)20-13-35(14-21-48)38-16-18-46(6)40(45(38,4)5)17-19-47(7)41(46)12-11-39-42-37(34(2)3)15-22-49(42,23-24-50(39,47)36-9-10-36)52-25-27-53-28-31-60(55,56)32-29-53/h13,16,26,30,36-37,39-42,52H,2,8-12,14-15,17-25,27-29,31-33H2,1,3-7H3/t37-,39+,40?,41+,42?,46-,47+,48?,49-,50-/m0/s1. The van der Waals surface area contributed by atoms with Gasteiger partial charge in [-0.2, -0.15) is 0 Å². The van der Waals surface area contributed by atoms with Crippen molar-refractivity contribution < 1.29 is 22.7 Å². The molecule has 8 aliphatic rings. The van der Waals surface area contributed by atoms with Crippen molar-refractivity contribution in [2.75, 3.05) is 50.9 Å². The minimum atomic E-state index is -2.87. The highest BCUT2D eigenvalue weighted by molar-refractivity contribution is 7.91. The highest BCUT2D eigenvalue weighted by Gasteiger charge is 2.74. The van der Waals surface area contributed by atoms with E-state index in [0.717, 1.165) is 44.2 Å². The summed E-state index contributed by atoms with van der Waals surface area (Å²) in [7, 11) is -2.87. The molecule has 0 bridgehead atoms. The number of nitrogens with one attached hydrogen (secondary N) is 1. The Labute approximate surface area is 366 Å². The molecule has 0 radical (unpaired) electrons. The number of aromatic nitrogens is 1. The van der Waals surface area contributed by atoms with Gasteiger partial charge in [-0.25, -0.2) is 13.4 Å². The van der Waals surface area contributed by atoms with Crippen LogP contribution in [-0.2, 0) is 19.4 Å². The topological polar surface area (TPSA) is 97.8 Å². The molecule has 3 unspecified atom stereocenters. The first-order valence-electron chi connectivity index (χ1n) is 24.0. The molecule has 0 amide bonds. The first kappa shape index (κ1) is 43.3. The minimum Gasteiger partial charge on any atom is -0.469 e. The van der Waals surface area contributed by atoms with Crippen molar-refractivity contribution in [3.05, 3.63) is 47.0 Å². The van der Waals surface area contributed by atoms with Crippen LogP contribution < -0.4 is 10.1 Å². The van der Waals surface area contributed by atoms with Gasteiger partial charge in [-0.1, -0.05) is 63.3 Å². The molecule has 10 atom stereocenters. The average Bonchev–Trinajstić information content (AvgIpc) is 3.78. The van der Waals surface area contributed by atoms with Crippen molar-refractivity contribution in [3.8, 4) is 5.19 Å². The summed E-state index contributed by atoms with van der Waals surface area (Å²) in [5.41, 5.74) is 4.85. The summed E-state index contributed by atoms with van der Waals surface area (Å²) in [4.78, 5) is 20.2. The Kier molecular flexibility index (Phi) is 11.3. The molecule has 60 heavy (non-hydrogen) atoms. The fourth-order valence-corrected chi connectivity index (χ4v) is 18.3. The second-order valence-corrected chi connectivity index (χ2v) is 25.4. The predicted molar refractivity (Wildman–Crippen MR) is 241 cm³/mol. The van der Waals surface area contributed by atoms with Gasteiger partial charge in [0.05, 0.1) is 18.1 Å². The number of carbonyl (C=O) groups is 1. The van der Waals surface area contributed by atoms with Crippen molar-refractivity contribution in [2.45, 2.75) is 137 Å². The summed E-state index contributed by atoms with van der Waals surface area (Å²) >= 11 is 1.47. The van der Waals surface area contributed by atoms with Gasteiger partial charge in [0.25, 0.3) is 5.19 Å². The van der Waals surface area contributed by atoms with Gasteiger partial charge in [-0.15, -0.1) is 0 Å². The number of rotatable bonds is 12. The Morgan fingerprint density at radius 3 is 2.42 bits per heavy atom. The number of hydrogen-bond donors (Lipinski definition) is 1. The average molecular weight is 862 g/mol. The van der Waals surface area contributed by atoms with Gasteiger partial charge in [0.15, 0.2) is 9.84 Å². The molecular weight excluding hydrogens is 787 g/mol. The van der Waals surface area contributed by atoms with E-state index in [1.165, 1.54) is 92.3 Å². The third kappa shape index (κ3) is 6.87. The summed E-state index contributed by atoms with van der Waals surface area (Å²) in [6, 6.07) is 0. The van der Waals surface area contributed by atoms with Crippen LogP contribution in [0, 0.1) is 62.6 Å². The lowest BCUT2D eigenvalue weighted by molar-refractivity contribution is -0.236. The maximum absolute atomic E-state index is 13.5. The Hall–Kier alpha value is -2.01. The Bertz CT molecular complexity index is 1980. The Morgan fingerprint density at radius 2 is 1.75 bits per heavy atom. The Balaban J connectivity index is 0.972. The van der Waals surface area contributed by atoms with E-state index in [1.54, 1.807) is 6.20 Å². The van der Waals surface area contributed by atoms with E-state index >= 15 is 0 Å². The molecule has 6 fully saturated rings. The third-order valence-electron chi connectivity index (χ3n) is 19.3. The number of hydrogen-bond acceptors (Lipinski definition) is 9. The van der Waals surface area contributed by atoms with Gasteiger partial charge in [0, 0.05) is 43.3 Å². The molecule has 0 aromatic carbocycles. The maximum Gasteiger partial charge on any atom is 0.315 e. The van der Waals surface area contributed by atoms with Crippen LogP contribution in [0.25, 0.3) is 0 Å². The molecule has 10 heteroatoms. The lowest BCUT2D eigenvalue weighted by Crippen LogP contribution is -2.69. The van der Waals surface area contributed by atoms with Gasteiger partial charge in [-0.3, -0.25) is 4.79 Å². The summed E-state index contributed by atoms with van der Waals surface area (Å²) in [5.74, 6) is 4.58. The molecule has 1 saturated heterocycles. The van der Waals surface area contributed by atoms with E-state index in [0.29, 0.717) is 83.9 Å². The molecule has 9 rings (SSSR count). The van der Waals surface area contributed by atoms with Crippen molar-refractivity contribution in [3.63, 3.8) is 0 Å². The maximum atomic E-state index is 13.5. The van der Waals surface area contributed by atoms with E-state index < -0.39 is 15.3 Å². The number of allylic oxidation sites excluding steroid dienone is 5. The van der Waals surface area contributed by atoms with Crippen LogP contribution in [-0.4, -0.2) is 80.7 Å². The molecule has 1 aliphatic heterocycles. The largest absolute Gasteiger partial charge is 0.469 e. The van der Waals surface area contributed by atoms with Crippen molar-refractivity contribution in [1.29, 1.82) is 0 Å². The van der Waals surface area contributed by atoms with Crippen LogP contribution in [0.4, 0.5) is 0 Å². The van der Waals surface area contributed by atoms with Crippen LogP contribution in [0.5, 0.6) is 5.19 Å². The number of ether oxygens (including phenoxy) is 2. The molecule has 5 saturated carbocycles. The number of esters is 1. The molecule has 0 spiro atoms. The van der Waals surface area contributed by atoms with Crippen molar-refractivity contribution in [2.24, 2.45) is 62.6 Å². The number of nitrogens with zero attached hydrogens (tertiary/aromatic N) is 2. The molecule has 1 aromatic rings. The van der Waals surface area contributed by atoms with E-state index in [2.05, 4.69) is 68.6 Å². The highest BCUT2D eigenvalue weighted by Crippen LogP contribution is 2.80. The summed E-state index contributed by atoms with van der Waals surface area (Å²) in [6.45, 7) is 23.5. The van der Waals surface area contributed by atoms with Crippen LogP contribution in [0.15, 0.2) is 47.0 Å². The molecule has 1 N–H and O–H groups in total. The molecule has 2 heterocycles. The van der Waals surface area contributed by atoms with Crippen LogP contribution in [0.1, 0.15) is 131 Å². The lowest BCUT2D eigenvalue weighted by Gasteiger charge is -2.73. The smallest absolute Gasteiger partial charge is 0.315 e. The highest BCUT2D eigenvalue weighted by atomic mass is 32.2. The zero-order valence-corrected chi connectivity index (χ0v) is 39.4. The first-order chi connectivity index (χ1) is 28.5. The molecule has 1 aromatic heterocycles. The molecule has 7 aliphatic carbocycles. The summed E-state index contributed by atoms with van der Waals surface area (Å²) in [5, 5.41) is 6.81. The first-order valence-corrected chi connectivity index (χ1v) is 26.7. The fraction of sp³-hybridized carbons (Fsp3) is 0.800.